The lowest BCUT2D eigenvalue weighted by Gasteiger charge is -2.40. The molecule has 1 saturated heterocycles. The molecule has 3 rings (SSSR count). The minimum absolute atomic E-state index is 0.0127. The highest BCUT2D eigenvalue weighted by molar-refractivity contribution is 6.32. The molecule has 5 amide bonds. The summed E-state index contributed by atoms with van der Waals surface area (Å²) in [5.74, 6) is -8.57. The van der Waals surface area contributed by atoms with Crippen LogP contribution in [-0.2, 0) is 33.6 Å². The standard InChI is InChI=1S/C36H51ClN6O12/c1-8-17(5)25(32(50)39-20(35(53)54)15-23(44)45)41-30(48)21-11-10-12-43(21)34(52)29-36(6,9-2)55-22-14-18(13-19(37)28(22)47)27(46)26(38-7)33(51)40-24(16(3)4)31(49)42-29/h13-14,17,20-21,24-27,29,38,46-47H,3,8-12,15H2,1-2,4-7H3,(H,39,50)(H,40,51)(H,41,48)(H,42,49)(H,44,45)(H,53,54)/t17?,20?,21-,24-,25?,26-,27-,29+,36+/m0/s1. The molecule has 2 heterocycles. The summed E-state index contributed by atoms with van der Waals surface area (Å²) in [4.78, 5) is 93.5. The summed E-state index contributed by atoms with van der Waals surface area (Å²) in [5.41, 5.74) is -1.44. The van der Waals surface area contributed by atoms with Crippen LogP contribution in [-0.4, -0.2) is 122 Å². The molecule has 0 spiro atoms. The average Bonchev–Trinajstić information content (AvgIpc) is 3.62. The number of benzene rings is 1. The molecule has 0 aliphatic carbocycles. The third kappa shape index (κ3) is 10.2. The van der Waals surface area contributed by atoms with Gasteiger partial charge in [-0.25, -0.2) is 4.79 Å². The summed E-state index contributed by atoms with van der Waals surface area (Å²) in [6.45, 7) is 11.8. The average molecular weight is 795 g/mol. The number of phenols is 1. The highest BCUT2D eigenvalue weighted by atomic mass is 35.5. The molecule has 9 atom stereocenters. The lowest BCUT2D eigenvalue weighted by molar-refractivity contribution is -0.148. The molecular weight excluding hydrogens is 744 g/mol. The minimum Gasteiger partial charge on any atom is -0.503 e. The number of nitrogens with one attached hydrogen (secondary N) is 5. The van der Waals surface area contributed by atoms with Gasteiger partial charge in [-0.1, -0.05) is 45.4 Å². The monoisotopic (exact) mass is 794 g/mol. The first-order chi connectivity index (χ1) is 25.7. The van der Waals surface area contributed by atoms with Gasteiger partial charge in [0.2, 0.25) is 29.5 Å². The van der Waals surface area contributed by atoms with Gasteiger partial charge in [0, 0.05) is 6.54 Å². The molecule has 2 aliphatic rings. The molecule has 0 radical (unpaired) electrons. The number of rotatable bonds is 13. The number of carbonyl (C=O) groups excluding carboxylic acids is 5. The summed E-state index contributed by atoms with van der Waals surface area (Å²) in [6.07, 6.45) is -1.62. The summed E-state index contributed by atoms with van der Waals surface area (Å²) in [7, 11) is 1.41. The molecule has 9 N–H and O–H groups in total. The summed E-state index contributed by atoms with van der Waals surface area (Å²) >= 11 is 6.35. The van der Waals surface area contributed by atoms with Crippen LogP contribution in [0.2, 0.25) is 5.02 Å². The fourth-order valence-electron chi connectivity index (χ4n) is 6.46. The number of hydrogen-bond acceptors (Lipinski definition) is 11. The van der Waals surface area contributed by atoms with Gasteiger partial charge in [0.15, 0.2) is 11.5 Å². The molecular formula is C36H51ClN6O12. The van der Waals surface area contributed by atoms with Gasteiger partial charge >= 0.3 is 11.9 Å². The second-order valence-corrected chi connectivity index (χ2v) is 14.5. The van der Waals surface area contributed by atoms with Gasteiger partial charge in [-0.05, 0) is 69.3 Å². The third-order valence-corrected chi connectivity index (χ3v) is 10.4. The molecule has 0 aromatic heterocycles. The smallest absolute Gasteiger partial charge is 0.326 e. The van der Waals surface area contributed by atoms with Crippen molar-refractivity contribution in [3.05, 3.63) is 34.9 Å². The number of aliphatic hydroxyl groups excluding tert-OH is 1. The normalized spacial score (nSPS) is 26.0. The number of aliphatic hydroxyl groups is 1. The quantitative estimate of drug-likeness (QED) is 0.122. The van der Waals surface area contributed by atoms with Gasteiger partial charge in [0.1, 0.15) is 48.0 Å². The molecule has 18 nitrogen and oxygen atoms in total. The van der Waals surface area contributed by atoms with E-state index in [-0.39, 0.29) is 41.3 Å². The SMILES string of the molecule is C=C(C)[C@@H]1NC(=O)[C@@H](NC)[C@@H](O)c2cc(Cl)c(O)c(c2)O[C@](C)(CC)[C@@H](C(=O)N2CCC[C@H]2C(=O)NC(C(=O)NC(CC(=O)O)C(=O)O)C(C)CC)NC1=O. The van der Waals surface area contributed by atoms with Crippen molar-refractivity contribution < 1.29 is 58.7 Å². The van der Waals surface area contributed by atoms with E-state index >= 15 is 0 Å². The van der Waals surface area contributed by atoms with Gasteiger partial charge in [-0.15, -0.1) is 0 Å². The predicted molar refractivity (Wildman–Crippen MR) is 197 cm³/mol. The second-order valence-electron chi connectivity index (χ2n) is 14.1. The zero-order valence-corrected chi connectivity index (χ0v) is 32.4. The van der Waals surface area contributed by atoms with Gasteiger partial charge in [-0.2, -0.15) is 0 Å². The maximum atomic E-state index is 14.7. The Morgan fingerprint density at radius 1 is 1.11 bits per heavy atom. The molecule has 1 aromatic carbocycles. The van der Waals surface area contributed by atoms with Crippen molar-refractivity contribution in [2.75, 3.05) is 13.6 Å². The lowest BCUT2D eigenvalue weighted by atomic mass is 9.90. The predicted octanol–water partition coefficient (Wildman–Crippen LogP) is 0.340. The van der Waals surface area contributed by atoms with Gasteiger partial charge in [0.05, 0.1) is 11.4 Å². The van der Waals surface area contributed by atoms with Gasteiger partial charge in [0.25, 0.3) is 0 Å². The number of fused-ring (bicyclic) bond motifs is 2. The molecule has 19 heteroatoms. The van der Waals surface area contributed by atoms with E-state index < -0.39 is 108 Å². The Morgan fingerprint density at radius 3 is 2.31 bits per heavy atom. The lowest BCUT2D eigenvalue weighted by Crippen LogP contribution is -2.66. The molecule has 1 aromatic rings. The first kappa shape index (κ1) is 44.5. The summed E-state index contributed by atoms with van der Waals surface area (Å²) < 4.78 is 6.32. The van der Waals surface area contributed by atoms with Crippen LogP contribution < -0.4 is 31.3 Å². The Labute approximate surface area is 323 Å². The molecule has 2 bridgehead atoms. The number of phenolic OH excluding ortho intramolecular Hbond substituents is 1. The molecule has 1 fully saturated rings. The molecule has 0 saturated carbocycles. The van der Waals surface area contributed by atoms with Crippen molar-refractivity contribution in [2.24, 2.45) is 5.92 Å². The number of nitrogens with zero attached hydrogens (tertiary/aromatic N) is 1. The van der Waals surface area contributed by atoms with E-state index in [1.807, 2.05) is 0 Å². The van der Waals surface area contributed by atoms with Crippen LogP contribution in [0.4, 0.5) is 0 Å². The van der Waals surface area contributed by atoms with Crippen molar-refractivity contribution >= 4 is 53.1 Å². The number of aliphatic carboxylic acids is 2. The largest absolute Gasteiger partial charge is 0.503 e. The highest BCUT2D eigenvalue weighted by Gasteiger charge is 2.48. The van der Waals surface area contributed by atoms with Crippen LogP contribution in [0.15, 0.2) is 24.3 Å². The van der Waals surface area contributed by atoms with Crippen LogP contribution in [0.3, 0.4) is 0 Å². The zero-order chi connectivity index (χ0) is 41.5. The van der Waals surface area contributed by atoms with Crippen molar-refractivity contribution in [2.45, 2.75) is 115 Å². The number of carbonyl (C=O) groups is 7. The van der Waals surface area contributed by atoms with E-state index in [1.54, 1.807) is 20.8 Å². The third-order valence-electron chi connectivity index (χ3n) is 10.2. The number of carboxylic acid groups (broad SMARTS) is 2. The Morgan fingerprint density at radius 2 is 1.76 bits per heavy atom. The van der Waals surface area contributed by atoms with Crippen LogP contribution in [0.5, 0.6) is 11.5 Å². The molecule has 3 unspecified atom stereocenters. The van der Waals surface area contributed by atoms with E-state index in [0.717, 1.165) is 0 Å². The van der Waals surface area contributed by atoms with Gasteiger partial charge < -0.3 is 56.6 Å². The number of halogens is 1. The Hall–Kier alpha value is -4.94. The summed E-state index contributed by atoms with van der Waals surface area (Å²) in [6, 6.07) is -6.08. The van der Waals surface area contributed by atoms with E-state index in [9.17, 15) is 48.9 Å². The van der Waals surface area contributed by atoms with Crippen molar-refractivity contribution in [1.82, 2.24) is 31.5 Å². The Balaban J connectivity index is 2.08. The number of carboxylic acids is 2. The number of aromatic hydroxyl groups is 1. The van der Waals surface area contributed by atoms with Crippen LogP contribution in [0, 0.1) is 5.92 Å². The number of hydrogen-bond donors (Lipinski definition) is 9. The number of likely N-dealkylation sites (N-methyl/N-ethyl adjacent to an activating group) is 1. The maximum absolute atomic E-state index is 14.7. The van der Waals surface area contributed by atoms with Crippen LogP contribution in [0.25, 0.3) is 0 Å². The van der Waals surface area contributed by atoms with Gasteiger partial charge in [-0.3, -0.25) is 28.8 Å². The minimum atomic E-state index is -1.77. The summed E-state index contributed by atoms with van der Waals surface area (Å²) in [5, 5.41) is 53.3. The fourth-order valence-corrected chi connectivity index (χ4v) is 6.67. The second kappa shape index (κ2) is 18.6. The molecule has 304 valence electrons. The number of ether oxygens (including phenoxy) is 1. The zero-order valence-electron chi connectivity index (χ0n) is 31.6. The van der Waals surface area contributed by atoms with E-state index in [4.69, 9.17) is 21.4 Å². The van der Waals surface area contributed by atoms with Crippen molar-refractivity contribution in [3.8, 4) is 11.5 Å². The van der Waals surface area contributed by atoms with E-state index in [0.29, 0.717) is 12.8 Å². The number of likely N-dealkylation sites (tertiary alicyclic amines) is 1. The Bertz CT molecular complexity index is 1690. The fraction of sp³-hybridized carbons (Fsp3) is 0.583. The molecule has 55 heavy (non-hydrogen) atoms. The van der Waals surface area contributed by atoms with E-state index in [1.165, 1.54) is 37.9 Å². The topological polar surface area (TPSA) is 273 Å². The molecule has 2 aliphatic heterocycles. The Kier molecular flexibility index (Phi) is 15.0. The van der Waals surface area contributed by atoms with Crippen LogP contribution in [0.1, 0.15) is 78.4 Å². The first-order valence-electron chi connectivity index (χ1n) is 17.9. The van der Waals surface area contributed by atoms with E-state index in [2.05, 4.69) is 33.2 Å². The van der Waals surface area contributed by atoms with Crippen LogP contribution >= 0.6 is 11.6 Å². The van der Waals surface area contributed by atoms with Crippen molar-refractivity contribution in [1.29, 1.82) is 0 Å². The number of amides is 5. The highest BCUT2D eigenvalue weighted by Crippen LogP contribution is 2.41. The first-order valence-corrected chi connectivity index (χ1v) is 18.3. The maximum Gasteiger partial charge on any atom is 0.326 e. The van der Waals surface area contributed by atoms with Crippen molar-refractivity contribution in [3.63, 3.8) is 0 Å².